The normalized spacial score (nSPS) is 11.0. The van der Waals surface area contributed by atoms with Crippen molar-refractivity contribution in [2.45, 2.75) is 13.8 Å². The first-order valence-corrected chi connectivity index (χ1v) is 6.27. The lowest BCUT2D eigenvalue weighted by molar-refractivity contribution is 0.0687. The lowest BCUT2D eigenvalue weighted by Gasteiger charge is -2.13. The Hall–Kier alpha value is -2.96. The van der Waals surface area contributed by atoms with E-state index in [1.807, 2.05) is 19.1 Å². The van der Waals surface area contributed by atoms with Crippen LogP contribution in [0.3, 0.4) is 0 Å². The van der Waals surface area contributed by atoms with Crippen LogP contribution in [0.2, 0.25) is 0 Å². The molecule has 0 atom stereocenters. The number of rotatable bonds is 2. The van der Waals surface area contributed by atoms with E-state index < -0.39 is 11.5 Å². The first kappa shape index (κ1) is 13.0. The van der Waals surface area contributed by atoms with Crippen molar-refractivity contribution in [1.29, 1.82) is 0 Å². The molecule has 106 valence electrons. The minimum Gasteiger partial charge on any atom is -0.476 e. The van der Waals surface area contributed by atoms with Crippen LogP contribution >= 0.6 is 0 Å². The molecule has 0 radical (unpaired) electrons. The molecule has 1 aromatic carbocycles. The Morgan fingerprint density at radius 2 is 1.90 bits per heavy atom. The lowest BCUT2D eigenvalue weighted by Crippen LogP contribution is -2.17. The smallest absolute Gasteiger partial charge is 0.356 e. The van der Waals surface area contributed by atoms with Crippen molar-refractivity contribution < 1.29 is 9.90 Å². The highest BCUT2D eigenvalue weighted by atomic mass is 16.4. The van der Waals surface area contributed by atoms with Crippen LogP contribution in [0.25, 0.3) is 17.1 Å². The van der Waals surface area contributed by atoms with Gasteiger partial charge in [-0.15, -0.1) is 0 Å². The number of carboxylic acid groups (broad SMARTS) is 1. The number of aromatic carboxylic acids is 1. The van der Waals surface area contributed by atoms with E-state index in [1.165, 1.54) is 4.68 Å². The van der Waals surface area contributed by atoms with Gasteiger partial charge in [-0.05, 0) is 26.0 Å². The first-order valence-electron chi connectivity index (χ1n) is 6.27. The molecule has 2 aliphatic rings. The predicted octanol–water partition coefficient (Wildman–Crippen LogP) is 1.38. The third-order valence-electron chi connectivity index (χ3n) is 3.33. The molecule has 21 heavy (non-hydrogen) atoms. The van der Waals surface area contributed by atoms with Crippen molar-refractivity contribution in [2.75, 3.05) is 0 Å². The van der Waals surface area contributed by atoms with Crippen molar-refractivity contribution in [3.05, 3.63) is 51.4 Å². The number of benzene rings is 1. The molecule has 0 fully saturated rings. The third-order valence-corrected chi connectivity index (χ3v) is 3.33. The largest absolute Gasteiger partial charge is 0.476 e. The highest BCUT2D eigenvalue weighted by molar-refractivity contribution is 5.89. The zero-order chi connectivity index (χ0) is 15.1. The molecule has 0 saturated heterocycles. The molecule has 0 amide bonds. The zero-order valence-corrected chi connectivity index (χ0v) is 11.4. The molecule has 2 heterocycles. The van der Waals surface area contributed by atoms with E-state index in [9.17, 15) is 14.7 Å². The molecule has 0 aliphatic carbocycles. The Kier molecular flexibility index (Phi) is 2.83. The number of aromatic amines is 1. The van der Waals surface area contributed by atoms with E-state index in [4.69, 9.17) is 0 Å². The number of carbonyl (C=O) groups is 1. The summed E-state index contributed by atoms with van der Waals surface area (Å²) in [5.41, 5.74) is 1.66. The van der Waals surface area contributed by atoms with Crippen LogP contribution in [0.5, 0.6) is 0 Å². The van der Waals surface area contributed by atoms with Gasteiger partial charge in [0.05, 0.1) is 11.3 Å². The number of aryl methyl sites for hydroxylation is 1. The van der Waals surface area contributed by atoms with Gasteiger partial charge >= 0.3 is 5.97 Å². The number of nitrogens with zero attached hydrogens (tertiary/aromatic N) is 3. The molecule has 0 saturated carbocycles. The summed E-state index contributed by atoms with van der Waals surface area (Å²) in [4.78, 5) is 23.2. The van der Waals surface area contributed by atoms with E-state index in [-0.39, 0.29) is 11.3 Å². The van der Waals surface area contributed by atoms with Gasteiger partial charge in [0.25, 0.3) is 5.56 Å². The summed E-state index contributed by atoms with van der Waals surface area (Å²) in [7, 11) is 0. The molecule has 0 bridgehead atoms. The highest BCUT2D eigenvalue weighted by Crippen LogP contribution is 2.24. The summed E-state index contributed by atoms with van der Waals surface area (Å²) in [6, 6.07) is 7.34. The summed E-state index contributed by atoms with van der Waals surface area (Å²) in [6.07, 6.45) is 0. The van der Waals surface area contributed by atoms with E-state index in [0.29, 0.717) is 17.1 Å². The average Bonchev–Trinajstić information content (AvgIpc) is 2.83. The minimum absolute atomic E-state index is 0.165. The van der Waals surface area contributed by atoms with E-state index in [0.717, 1.165) is 5.56 Å². The molecule has 3 rings (SSSR count). The predicted molar refractivity (Wildman–Crippen MR) is 75.0 cm³/mol. The monoisotopic (exact) mass is 284 g/mol. The van der Waals surface area contributed by atoms with Gasteiger partial charge in [-0.3, -0.25) is 4.79 Å². The van der Waals surface area contributed by atoms with Crippen molar-refractivity contribution in [3.8, 4) is 17.1 Å². The number of carboxylic acids is 1. The van der Waals surface area contributed by atoms with Crippen LogP contribution in [0.15, 0.2) is 29.1 Å². The van der Waals surface area contributed by atoms with Gasteiger partial charge in [-0.2, -0.15) is 10.2 Å². The molecular weight excluding hydrogens is 272 g/mol. The molecular formula is C14H12N4O3. The fourth-order valence-corrected chi connectivity index (χ4v) is 2.22. The van der Waals surface area contributed by atoms with E-state index in [2.05, 4.69) is 15.3 Å². The summed E-state index contributed by atoms with van der Waals surface area (Å²) < 4.78 is 1.36. The zero-order valence-electron chi connectivity index (χ0n) is 11.4. The molecule has 0 spiro atoms. The SMILES string of the molecule is Cc1ccc(-n2nc(C(=O)O)c(C)c3c(=O)[nH]nc2-3)cc1. The average molecular weight is 284 g/mol. The van der Waals surface area contributed by atoms with Gasteiger partial charge in [-0.25, -0.2) is 14.6 Å². The molecule has 1 aromatic rings. The second kappa shape index (κ2) is 4.55. The van der Waals surface area contributed by atoms with Crippen LogP contribution in [0.1, 0.15) is 21.6 Å². The summed E-state index contributed by atoms with van der Waals surface area (Å²) in [5.74, 6) is -0.873. The second-order valence-electron chi connectivity index (χ2n) is 4.78. The maximum absolute atomic E-state index is 11.9. The number of fused-ring (bicyclic) bond motifs is 1. The van der Waals surface area contributed by atoms with Crippen molar-refractivity contribution in [1.82, 2.24) is 20.0 Å². The Morgan fingerprint density at radius 3 is 2.52 bits per heavy atom. The van der Waals surface area contributed by atoms with Crippen molar-refractivity contribution in [2.24, 2.45) is 0 Å². The van der Waals surface area contributed by atoms with Crippen LogP contribution in [0, 0.1) is 13.8 Å². The lowest BCUT2D eigenvalue weighted by atomic mass is 10.1. The summed E-state index contributed by atoms with van der Waals surface area (Å²) in [5, 5.41) is 19.7. The minimum atomic E-state index is -1.18. The van der Waals surface area contributed by atoms with Gasteiger partial charge in [0.1, 0.15) is 0 Å². The van der Waals surface area contributed by atoms with Gasteiger partial charge in [-0.1, -0.05) is 17.7 Å². The number of H-pyrrole nitrogens is 1. The van der Waals surface area contributed by atoms with Crippen molar-refractivity contribution in [3.63, 3.8) is 0 Å². The van der Waals surface area contributed by atoms with E-state index in [1.54, 1.807) is 19.1 Å². The van der Waals surface area contributed by atoms with Gasteiger partial charge in [0.2, 0.25) is 0 Å². The van der Waals surface area contributed by atoms with Crippen LogP contribution in [-0.4, -0.2) is 31.1 Å². The first-order chi connectivity index (χ1) is 9.99. The topological polar surface area (TPSA) is 101 Å². The van der Waals surface area contributed by atoms with Crippen molar-refractivity contribution >= 4 is 5.97 Å². The van der Waals surface area contributed by atoms with Gasteiger partial charge in [0, 0.05) is 5.56 Å². The number of aromatic nitrogens is 4. The molecule has 0 unspecified atom stereocenters. The fraction of sp³-hybridized carbons (Fsp3) is 0.143. The highest BCUT2D eigenvalue weighted by Gasteiger charge is 2.25. The Balaban J connectivity index is 2.37. The summed E-state index contributed by atoms with van der Waals surface area (Å²) in [6.45, 7) is 3.49. The van der Waals surface area contributed by atoms with Crippen LogP contribution < -0.4 is 5.56 Å². The standard InChI is InChI=1S/C14H12N4O3/c1-7-3-5-9(6-4-7)18-12-10(13(19)16-15-12)8(2)11(17-18)14(20)21/h3-6H,1-2H3,(H,16,19)(H,20,21). The molecule has 2 aliphatic heterocycles. The van der Waals surface area contributed by atoms with Crippen LogP contribution in [0.4, 0.5) is 0 Å². The quantitative estimate of drug-likeness (QED) is 0.740. The molecule has 2 N–H and O–H groups in total. The maximum atomic E-state index is 11.9. The number of hydrogen-bond acceptors (Lipinski definition) is 4. The van der Waals surface area contributed by atoms with Gasteiger partial charge < -0.3 is 5.11 Å². The Morgan fingerprint density at radius 1 is 1.24 bits per heavy atom. The second-order valence-corrected chi connectivity index (χ2v) is 4.78. The summed E-state index contributed by atoms with van der Waals surface area (Å²) >= 11 is 0. The number of nitrogens with one attached hydrogen (secondary N) is 1. The Labute approximate surface area is 119 Å². The fourth-order valence-electron chi connectivity index (χ4n) is 2.22. The molecule has 0 aromatic heterocycles. The molecule has 7 nitrogen and oxygen atoms in total. The van der Waals surface area contributed by atoms with Crippen LogP contribution in [-0.2, 0) is 0 Å². The van der Waals surface area contributed by atoms with Gasteiger partial charge in [0.15, 0.2) is 11.5 Å². The molecule has 7 heteroatoms. The maximum Gasteiger partial charge on any atom is 0.356 e. The number of hydrogen-bond donors (Lipinski definition) is 2. The van der Waals surface area contributed by atoms with E-state index >= 15 is 0 Å². The Bertz CT molecular complexity index is 861. The third kappa shape index (κ3) is 1.99.